The van der Waals surface area contributed by atoms with E-state index >= 15 is 0 Å². The Bertz CT molecular complexity index is 939. The highest BCUT2D eigenvalue weighted by Gasteiger charge is 2.27. The standard InChI is InChI=1S/C23H23N3O/c1-17-16-19-10-5-6-12-21(19)26(17)22-13-7-11-20(25-22)23(27)24-15-14-18-8-3-2-4-9-18/h2-13,17H,14-16H2,1H3,(H,24,27). The predicted octanol–water partition coefficient (Wildman–Crippen LogP) is 4.14. The quantitative estimate of drug-likeness (QED) is 0.746. The second kappa shape index (κ2) is 7.62. The first-order valence-electron chi connectivity index (χ1n) is 9.39. The minimum absolute atomic E-state index is 0.132. The zero-order chi connectivity index (χ0) is 18.6. The molecule has 3 aromatic rings. The lowest BCUT2D eigenvalue weighted by Gasteiger charge is -2.24. The molecular weight excluding hydrogens is 334 g/mol. The number of anilines is 2. The van der Waals surface area contributed by atoms with Crippen LogP contribution in [-0.2, 0) is 12.8 Å². The van der Waals surface area contributed by atoms with Crippen LogP contribution >= 0.6 is 0 Å². The highest BCUT2D eigenvalue weighted by Crippen LogP contribution is 2.37. The number of carbonyl (C=O) groups excluding carboxylic acids is 1. The molecule has 0 aliphatic carbocycles. The summed E-state index contributed by atoms with van der Waals surface area (Å²) in [5.41, 5.74) is 4.17. The van der Waals surface area contributed by atoms with E-state index in [2.05, 4.69) is 52.5 Å². The Morgan fingerprint density at radius 2 is 1.81 bits per heavy atom. The van der Waals surface area contributed by atoms with E-state index in [1.54, 1.807) is 6.07 Å². The number of nitrogens with one attached hydrogen (secondary N) is 1. The Morgan fingerprint density at radius 1 is 1.04 bits per heavy atom. The molecule has 2 heterocycles. The highest BCUT2D eigenvalue weighted by molar-refractivity contribution is 5.92. The van der Waals surface area contributed by atoms with Gasteiger partial charge < -0.3 is 10.2 Å². The molecule has 4 nitrogen and oxygen atoms in total. The number of fused-ring (bicyclic) bond motifs is 1. The van der Waals surface area contributed by atoms with E-state index in [1.807, 2.05) is 36.4 Å². The molecule has 27 heavy (non-hydrogen) atoms. The van der Waals surface area contributed by atoms with Gasteiger partial charge in [0, 0.05) is 18.3 Å². The Morgan fingerprint density at radius 3 is 2.67 bits per heavy atom. The molecular formula is C23H23N3O. The molecule has 1 aliphatic rings. The van der Waals surface area contributed by atoms with Crippen LogP contribution < -0.4 is 10.2 Å². The first-order chi connectivity index (χ1) is 13.2. The van der Waals surface area contributed by atoms with Gasteiger partial charge in [-0.1, -0.05) is 54.6 Å². The lowest BCUT2D eigenvalue weighted by Crippen LogP contribution is -2.28. The van der Waals surface area contributed by atoms with Crippen molar-refractivity contribution in [3.05, 3.63) is 89.6 Å². The third kappa shape index (κ3) is 3.70. The number of nitrogens with zero attached hydrogens (tertiary/aromatic N) is 2. The van der Waals surface area contributed by atoms with Crippen LogP contribution in [0.3, 0.4) is 0 Å². The molecule has 0 radical (unpaired) electrons. The van der Waals surface area contributed by atoms with Crippen molar-refractivity contribution < 1.29 is 4.79 Å². The third-order valence-electron chi connectivity index (χ3n) is 4.96. The van der Waals surface area contributed by atoms with Gasteiger partial charge >= 0.3 is 0 Å². The van der Waals surface area contributed by atoms with Gasteiger partial charge in [-0.25, -0.2) is 4.98 Å². The van der Waals surface area contributed by atoms with Crippen molar-refractivity contribution in [3.63, 3.8) is 0 Å². The maximum absolute atomic E-state index is 12.5. The molecule has 4 heteroatoms. The van der Waals surface area contributed by atoms with Crippen molar-refractivity contribution in [1.29, 1.82) is 0 Å². The van der Waals surface area contributed by atoms with E-state index in [9.17, 15) is 4.79 Å². The second-order valence-electron chi connectivity index (χ2n) is 6.92. The van der Waals surface area contributed by atoms with Gasteiger partial charge in [-0.05, 0) is 49.1 Å². The summed E-state index contributed by atoms with van der Waals surface area (Å²) in [6, 6.07) is 24.5. The summed E-state index contributed by atoms with van der Waals surface area (Å²) in [6.07, 6.45) is 1.80. The summed E-state index contributed by atoms with van der Waals surface area (Å²) in [7, 11) is 0. The SMILES string of the molecule is CC1Cc2ccccc2N1c1cccc(C(=O)NCCc2ccccc2)n1. The average molecular weight is 357 g/mol. The van der Waals surface area contributed by atoms with Crippen molar-refractivity contribution in [2.75, 3.05) is 11.4 Å². The minimum atomic E-state index is -0.132. The van der Waals surface area contributed by atoms with Crippen molar-refractivity contribution in [2.24, 2.45) is 0 Å². The van der Waals surface area contributed by atoms with Gasteiger partial charge in [0.15, 0.2) is 0 Å². The van der Waals surface area contributed by atoms with Crippen LogP contribution in [0.15, 0.2) is 72.8 Å². The molecule has 0 saturated carbocycles. The number of benzene rings is 2. The highest BCUT2D eigenvalue weighted by atomic mass is 16.1. The normalized spacial score (nSPS) is 15.4. The summed E-state index contributed by atoms with van der Waals surface area (Å²) >= 11 is 0. The summed E-state index contributed by atoms with van der Waals surface area (Å²) in [5.74, 6) is 0.691. The van der Waals surface area contributed by atoms with E-state index in [0.717, 1.165) is 18.7 Å². The predicted molar refractivity (Wildman–Crippen MR) is 108 cm³/mol. The van der Waals surface area contributed by atoms with Crippen LogP contribution in [0.5, 0.6) is 0 Å². The van der Waals surface area contributed by atoms with Crippen molar-refractivity contribution >= 4 is 17.4 Å². The van der Waals surface area contributed by atoms with E-state index < -0.39 is 0 Å². The molecule has 1 unspecified atom stereocenters. The maximum Gasteiger partial charge on any atom is 0.269 e. The average Bonchev–Trinajstić information content (AvgIpc) is 3.04. The molecule has 1 atom stereocenters. The van der Waals surface area contributed by atoms with E-state index in [1.165, 1.54) is 16.8 Å². The van der Waals surface area contributed by atoms with Crippen LogP contribution in [0.2, 0.25) is 0 Å². The van der Waals surface area contributed by atoms with Gasteiger partial charge in [0.25, 0.3) is 5.91 Å². The lowest BCUT2D eigenvalue weighted by atomic mass is 10.1. The zero-order valence-electron chi connectivity index (χ0n) is 15.4. The maximum atomic E-state index is 12.5. The largest absolute Gasteiger partial charge is 0.350 e. The van der Waals surface area contributed by atoms with Crippen LogP contribution in [0.4, 0.5) is 11.5 Å². The fourth-order valence-corrected chi connectivity index (χ4v) is 3.65. The van der Waals surface area contributed by atoms with Crippen LogP contribution in [0.25, 0.3) is 0 Å². The lowest BCUT2D eigenvalue weighted by molar-refractivity contribution is 0.0949. The zero-order valence-corrected chi connectivity index (χ0v) is 15.4. The molecule has 0 fully saturated rings. The molecule has 0 saturated heterocycles. The molecule has 4 rings (SSSR count). The molecule has 1 N–H and O–H groups in total. The van der Waals surface area contributed by atoms with Gasteiger partial charge in [-0.3, -0.25) is 4.79 Å². The number of aromatic nitrogens is 1. The summed E-state index contributed by atoms with van der Waals surface area (Å²) in [6.45, 7) is 2.78. The van der Waals surface area contributed by atoms with E-state index in [-0.39, 0.29) is 5.91 Å². The van der Waals surface area contributed by atoms with Gasteiger partial charge in [0.1, 0.15) is 11.5 Å². The molecule has 1 amide bonds. The third-order valence-corrected chi connectivity index (χ3v) is 4.96. The molecule has 1 aromatic heterocycles. The number of para-hydroxylation sites is 1. The number of carbonyl (C=O) groups is 1. The topological polar surface area (TPSA) is 45.2 Å². The van der Waals surface area contributed by atoms with E-state index in [0.29, 0.717) is 18.3 Å². The van der Waals surface area contributed by atoms with Crippen molar-refractivity contribution in [3.8, 4) is 0 Å². The number of pyridine rings is 1. The van der Waals surface area contributed by atoms with Crippen molar-refractivity contribution in [1.82, 2.24) is 10.3 Å². The number of hydrogen-bond acceptors (Lipinski definition) is 3. The summed E-state index contributed by atoms with van der Waals surface area (Å²) in [5, 5.41) is 2.98. The van der Waals surface area contributed by atoms with Gasteiger partial charge in [-0.2, -0.15) is 0 Å². The van der Waals surface area contributed by atoms with Crippen LogP contribution in [0.1, 0.15) is 28.5 Å². The Labute approximate surface area is 159 Å². The Kier molecular flexibility index (Phi) is 4.88. The summed E-state index contributed by atoms with van der Waals surface area (Å²) in [4.78, 5) is 19.4. The fourth-order valence-electron chi connectivity index (χ4n) is 3.65. The van der Waals surface area contributed by atoms with E-state index in [4.69, 9.17) is 0 Å². The van der Waals surface area contributed by atoms with Crippen LogP contribution in [0, 0.1) is 0 Å². The van der Waals surface area contributed by atoms with Crippen LogP contribution in [-0.4, -0.2) is 23.5 Å². The smallest absolute Gasteiger partial charge is 0.269 e. The minimum Gasteiger partial charge on any atom is -0.350 e. The van der Waals surface area contributed by atoms with Crippen molar-refractivity contribution in [2.45, 2.75) is 25.8 Å². The fraction of sp³-hybridized carbons (Fsp3) is 0.217. The number of amides is 1. The van der Waals surface area contributed by atoms with Gasteiger partial charge in [-0.15, -0.1) is 0 Å². The second-order valence-corrected chi connectivity index (χ2v) is 6.92. The number of rotatable bonds is 5. The summed E-state index contributed by atoms with van der Waals surface area (Å²) < 4.78 is 0. The molecule has 1 aliphatic heterocycles. The number of hydrogen-bond donors (Lipinski definition) is 1. The Hall–Kier alpha value is -3.14. The first kappa shape index (κ1) is 17.3. The molecule has 2 aromatic carbocycles. The Balaban J connectivity index is 1.47. The van der Waals surface area contributed by atoms with Gasteiger partial charge in [0.05, 0.1) is 0 Å². The first-order valence-corrected chi connectivity index (χ1v) is 9.39. The monoisotopic (exact) mass is 357 g/mol. The molecule has 0 bridgehead atoms. The molecule has 0 spiro atoms. The van der Waals surface area contributed by atoms with Gasteiger partial charge in [0.2, 0.25) is 0 Å². The molecule has 136 valence electrons.